The highest BCUT2D eigenvalue weighted by atomic mass is 35.5. The molecule has 0 aliphatic heterocycles. The van der Waals surface area contributed by atoms with Crippen LogP contribution in [-0.2, 0) is 11.4 Å². The Balaban J connectivity index is 1.53. The number of carbonyl (C=O) groups is 1. The van der Waals surface area contributed by atoms with Crippen LogP contribution in [0.15, 0.2) is 78.0 Å². The van der Waals surface area contributed by atoms with E-state index in [1.807, 2.05) is 59.2 Å². The summed E-state index contributed by atoms with van der Waals surface area (Å²) in [7, 11) is 1.61. The second kappa shape index (κ2) is 11.3. The summed E-state index contributed by atoms with van der Waals surface area (Å²) in [5, 5.41) is 12.6. The third-order valence-corrected chi connectivity index (χ3v) is 6.26. The predicted octanol–water partition coefficient (Wildman–Crippen LogP) is 5.89. The zero-order valence-corrected chi connectivity index (χ0v) is 20.4. The van der Waals surface area contributed by atoms with E-state index in [1.54, 1.807) is 25.3 Å². The van der Waals surface area contributed by atoms with Gasteiger partial charge >= 0.3 is 0 Å². The minimum absolute atomic E-state index is 0.0788. The van der Waals surface area contributed by atoms with E-state index < -0.39 is 0 Å². The minimum Gasteiger partial charge on any atom is -0.497 e. The predicted molar refractivity (Wildman–Crippen MR) is 135 cm³/mol. The average Bonchev–Trinajstić information content (AvgIpc) is 3.27. The van der Waals surface area contributed by atoms with E-state index in [1.165, 1.54) is 11.8 Å². The number of hydrogen-bond donors (Lipinski definition) is 1. The molecule has 34 heavy (non-hydrogen) atoms. The summed E-state index contributed by atoms with van der Waals surface area (Å²) in [5.74, 6) is 1.84. The van der Waals surface area contributed by atoms with Crippen LogP contribution in [0.1, 0.15) is 5.82 Å². The van der Waals surface area contributed by atoms with E-state index in [4.69, 9.17) is 32.7 Å². The van der Waals surface area contributed by atoms with Crippen LogP contribution in [0.3, 0.4) is 0 Å². The van der Waals surface area contributed by atoms with E-state index in [-0.39, 0.29) is 18.3 Å². The number of thioether (sulfide) groups is 1. The molecule has 3 aromatic carbocycles. The first-order valence-corrected chi connectivity index (χ1v) is 11.9. The maximum absolute atomic E-state index is 12.6. The molecular weight excluding hydrogens is 495 g/mol. The second-order valence-corrected chi connectivity index (χ2v) is 8.72. The van der Waals surface area contributed by atoms with Gasteiger partial charge in [-0.15, -0.1) is 10.2 Å². The van der Waals surface area contributed by atoms with Crippen LogP contribution in [-0.4, -0.2) is 33.5 Å². The molecule has 1 amide bonds. The molecule has 0 aliphatic carbocycles. The van der Waals surface area contributed by atoms with Crippen molar-refractivity contribution in [3.8, 4) is 17.2 Å². The smallest absolute Gasteiger partial charge is 0.234 e. The third kappa shape index (κ3) is 5.83. The van der Waals surface area contributed by atoms with Gasteiger partial charge in [0.15, 0.2) is 11.0 Å². The maximum atomic E-state index is 12.6. The van der Waals surface area contributed by atoms with Gasteiger partial charge in [0.1, 0.15) is 18.1 Å². The van der Waals surface area contributed by atoms with Crippen molar-refractivity contribution in [2.24, 2.45) is 0 Å². The van der Waals surface area contributed by atoms with Crippen molar-refractivity contribution >= 4 is 46.6 Å². The number of nitrogens with one attached hydrogen (secondary N) is 1. The van der Waals surface area contributed by atoms with Gasteiger partial charge in [0.2, 0.25) is 5.91 Å². The molecule has 0 spiro atoms. The van der Waals surface area contributed by atoms with Crippen LogP contribution in [0.2, 0.25) is 10.0 Å². The normalized spacial score (nSPS) is 10.7. The molecule has 10 heteroatoms. The lowest BCUT2D eigenvalue weighted by atomic mass is 10.3. The topological polar surface area (TPSA) is 78.3 Å². The number of benzene rings is 3. The van der Waals surface area contributed by atoms with Crippen molar-refractivity contribution < 1.29 is 14.3 Å². The summed E-state index contributed by atoms with van der Waals surface area (Å²) >= 11 is 13.5. The van der Waals surface area contributed by atoms with Gasteiger partial charge in [-0.3, -0.25) is 9.36 Å². The minimum atomic E-state index is -0.272. The Kier molecular flexibility index (Phi) is 7.95. The van der Waals surface area contributed by atoms with Crippen LogP contribution in [0.5, 0.6) is 11.5 Å². The Morgan fingerprint density at radius 3 is 2.32 bits per heavy atom. The van der Waals surface area contributed by atoms with Crippen molar-refractivity contribution in [1.82, 2.24) is 14.8 Å². The first-order chi connectivity index (χ1) is 16.5. The van der Waals surface area contributed by atoms with Crippen LogP contribution >= 0.6 is 35.0 Å². The third-order valence-electron chi connectivity index (χ3n) is 4.70. The van der Waals surface area contributed by atoms with E-state index in [2.05, 4.69) is 15.5 Å². The van der Waals surface area contributed by atoms with Crippen molar-refractivity contribution in [2.75, 3.05) is 18.2 Å². The Morgan fingerprint density at radius 2 is 1.65 bits per heavy atom. The largest absolute Gasteiger partial charge is 0.497 e. The van der Waals surface area contributed by atoms with Crippen molar-refractivity contribution in [3.63, 3.8) is 0 Å². The molecular formula is C24H20Cl2N4O3S. The molecule has 1 aromatic heterocycles. The summed E-state index contributed by atoms with van der Waals surface area (Å²) in [6.07, 6.45) is 0. The Labute approximate surface area is 211 Å². The number of halogens is 2. The number of carbonyl (C=O) groups excluding carboxylic acids is 1. The van der Waals surface area contributed by atoms with Gasteiger partial charge in [-0.25, -0.2) is 0 Å². The molecule has 0 saturated carbocycles. The van der Waals surface area contributed by atoms with Gasteiger partial charge < -0.3 is 14.8 Å². The number of para-hydroxylation sites is 2. The van der Waals surface area contributed by atoms with Crippen LogP contribution in [0, 0.1) is 0 Å². The molecule has 0 saturated heterocycles. The quantitative estimate of drug-likeness (QED) is 0.280. The Bertz CT molecular complexity index is 1250. The summed E-state index contributed by atoms with van der Waals surface area (Å²) < 4.78 is 13.0. The van der Waals surface area contributed by atoms with Gasteiger partial charge in [0.25, 0.3) is 0 Å². The molecule has 0 atom stereocenters. The summed E-state index contributed by atoms with van der Waals surface area (Å²) in [6.45, 7) is 0.199. The highest BCUT2D eigenvalue weighted by Crippen LogP contribution is 2.30. The van der Waals surface area contributed by atoms with Crippen molar-refractivity contribution in [1.29, 1.82) is 0 Å². The lowest BCUT2D eigenvalue weighted by Gasteiger charge is -2.12. The summed E-state index contributed by atoms with van der Waals surface area (Å²) in [5.41, 5.74) is 1.19. The lowest BCUT2D eigenvalue weighted by molar-refractivity contribution is -0.113. The van der Waals surface area contributed by atoms with E-state index in [0.29, 0.717) is 26.7 Å². The van der Waals surface area contributed by atoms with Gasteiger partial charge in [-0.1, -0.05) is 59.2 Å². The number of aromatic nitrogens is 3. The van der Waals surface area contributed by atoms with Gasteiger partial charge in [0, 0.05) is 5.69 Å². The first-order valence-electron chi connectivity index (χ1n) is 10.2. The van der Waals surface area contributed by atoms with Crippen molar-refractivity contribution in [3.05, 3.63) is 88.7 Å². The number of nitrogens with zero attached hydrogens (tertiary/aromatic N) is 3. The molecule has 4 rings (SSSR count). The molecule has 0 aliphatic rings. The monoisotopic (exact) mass is 514 g/mol. The first kappa shape index (κ1) is 23.9. The Hall–Kier alpha value is -3.20. The van der Waals surface area contributed by atoms with Crippen LogP contribution in [0.4, 0.5) is 5.69 Å². The van der Waals surface area contributed by atoms with Crippen molar-refractivity contribution in [2.45, 2.75) is 11.8 Å². The fourth-order valence-corrected chi connectivity index (χ4v) is 4.33. The van der Waals surface area contributed by atoms with E-state index >= 15 is 0 Å². The van der Waals surface area contributed by atoms with E-state index in [0.717, 1.165) is 17.2 Å². The molecule has 7 nitrogen and oxygen atoms in total. The average molecular weight is 515 g/mol. The fourth-order valence-electron chi connectivity index (χ4n) is 3.07. The molecule has 1 N–H and O–H groups in total. The maximum Gasteiger partial charge on any atom is 0.234 e. The molecule has 1 heterocycles. The van der Waals surface area contributed by atoms with Crippen LogP contribution < -0.4 is 14.8 Å². The highest BCUT2D eigenvalue weighted by molar-refractivity contribution is 7.99. The van der Waals surface area contributed by atoms with Gasteiger partial charge in [-0.2, -0.15) is 0 Å². The molecule has 0 fully saturated rings. The fraction of sp³-hybridized carbons (Fsp3) is 0.125. The van der Waals surface area contributed by atoms with Gasteiger partial charge in [0.05, 0.1) is 28.6 Å². The molecule has 174 valence electrons. The molecule has 0 unspecified atom stereocenters. The molecule has 0 bridgehead atoms. The SMILES string of the molecule is COc1ccc(-n2c(COc3ccccc3)nnc2SCC(=O)Nc2c(Cl)cccc2Cl)cc1. The molecule has 4 aromatic rings. The lowest BCUT2D eigenvalue weighted by Crippen LogP contribution is -2.15. The number of amides is 1. The zero-order chi connectivity index (χ0) is 23.9. The van der Waals surface area contributed by atoms with Crippen LogP contribution in [0.25, 0.3) is 5.69 Å². The standard InChI is InChI=1S/C24H20Cl2N4O3S/c1-32-17-12-10-16(11-13-17)30-21(14-33-18-6-3-2-4-7-18)28-29-24(30)34-15-22(31)27-23-19(25)8-5-9-20(23)26/h2-13H,14-15H2,1H3,(H,27,31). The number of rotatable bonds is 9. The van der Waals surface area contributed by atoms with Gasteiger partial charge in [-0.05, 0) is 48.5 Å². The number of ether oxygens (including phenoxy) is 2. The second-order valence-electron chi connectivity index (χ2n) is 6.97. The number of methoxy groups -OCH3 is 1. The highest BCUT2D eigenvalue weighted by Gasteiger charge is 2.18. The number of hydrogen-bond acceptors (Lipinski definition) is 6. The summed E-state index contributed by atoms with van der Waals surface area (Å²) in [4.78, 5) is 12.6. The van der Waals surface area contributed by atoms with E-state index in [9.17, 15) is 4.79 Å². The Morgan fingerprint density at radius 1 is 0.941 bits per heavy atom. The zero-order valence-electron chi connectivity index (χ0n) is 18.1. The summed E-state index contributed by atoms with van der Waals surface area (Å²) in [6, 6.07) is 22.0. The number of anilines is 1. The molecule has 0 radical (unpaired) electrons.